The molecule has 0 amide bonds. The van der Waals surface area contributed by atoms with Gasteiger partial charge in [0.15, 0.2) is 0 Å². The molecular formula is C18H20ClN3O4S. The summed E-state index contributed by atoms with van der Waals surface area (Å²) in [4.78, 5) is 12.5. The summed E-state index contributed by atoms with van der Waals surface area (Å²) in [5, 5.41) is 11.6. The highest BCUT2D eigenvalue weighted by molar-refractivity contribution is 7.89. The molecule has 1 aliphatic heterocycles. The summed E-state index contributed by atoms with van der Waals surface area (Å²) in [5.41, 5.74) is 2.33. The Kier molecular flexibility index (Phi) is 5.41. The van der Waals surface area contributed by atoms with Gasteiger partial charge in [-0.15, -0.1) is 0 Å². The first-order chi connectivity index (χ1) is 12.7. The molecule has 1 aliphatic rings. The van der Waals surface area contributed by atoms with E-state index in [1.54, 1.807) is 6.92 Å². The number of nitro groups is 1. The fraction of sp³-hybridized carbons (Fsp3) is 0.333. The van der Waals surface area contributed by atoms with E-state index in [1.165, 1.54) is 16.4 Å². The van der Waals surface area contributed by atoms with Crippen LogP contribution in [-0.4, -0.2) is 43.8 Å². The maximum atomic E-state index is 13.0. The molecule has 27 heavy (non-hydrogen) atoms. The molecule has 7 nitrogen and oxygen atoms in total. The van der Waals surface area contributed by atoms with Gasteiger partial charge in [-0.3, -0.25) is 10.1 Å². The fourth-order valence-electron chi connectivity index (χ4n) is 3.21. The molecule has 1 saturated heterocycles. The number of hydrogen-bond acceptors (Lipinski definition) is 5. The minimum Gasteiger partial charge on any atom is -0.369 e. The number of aryl methyl sites for hydroxylation is 2. The minimum absolute atomic E-state index is 0.0101. The monoisotopic (exact) mass is 409 g/mol. The molecule has 2 aromatic carbocycles. The molecule has 2 aromatic rings. The normalized spacial score (nSPS) is 15.7. The smallest absolute Gasteiger partial charge is 0.270 e. The molecule has 144 valence electrons. The van der Waals surface area contributed by atoms with E-state index in [9.17, 15) is 18.5 Å². The van der Waals surface area contributed by atoms with Crippen LogP contribution in [0.15, 0.2) is 41.3 Å². The van der Waals surface area contributed by atoms with E-state index in [1.807, 2.05) is 25.1 Å². The Balaban J connectivity index is 1.82. The summed E-state index contributed by atoms with van der Waals surface area (Å²) < 4.78 is 27.4. The summed E-state index contributed by atoms with van der Waals surface area (Å²) in [5.74, 6) is 0. The Hall–Kier alpha value is -2.16. The highest BCUT2D eigenvalue weighted by atomic mass is 35.5. The zero-order valence-corrected chi connectivity index (χ0v) is 16.6. The predicted molar refractivity (Wildman–Crippen MR) is 105 cm³/mol. The Morgan fingerprint density at radius 3 is 2.26 bits per heavy atom. The van der Waals surface area contributed by atoms with Crippen LogP contribution in [0.1, 0.15) is 11.1 Å². The summed E-state index contributed by atoms with van der Waals surface area (Å²) in [6, 6.07) is 9.56. The van der Waals surface area contributed by atoms with Crippen LogP contribution < -0.4 is 4.90 Å². The number of non-ortho nitro benzene ring substituents is 1. The van der Waals surface area contributed by atoms with Crippen molar-refractivity contribution in [3.63, 3.8) is 0 Å². The van der Waals surface area contributed by atoms with Crippen LogP contribution in [0.5, 0.6) is 0 Å². The van der Waals surface area contributed by atoms with E-state index in [4.69, 9.17) is 11.6 Å². The number of sulfonamides is 1. The van der Waals surface area contributed by atoms with Gasteiger partial charge in [-0.05, 0) is 37.1 Å². The van der Waals surface area contributed by atoms with E-state index in [0.29, 0.717) is 36.8 Å². The Morgan fingerprint density at radius 1 is 1.00 bits per heavy atom. The molecule has 1 fully saturated rings. The minimum atomic E-state index is -3.80. The molecule has 1 heterocycles. The van der Waals surface area contributed by atoms with Crippen molar-refractivity contribution in [2.75, 3.05) is 31.1 Å². The second-order valence-corrected chi connectivity index (χ2v) is 8.87. The third kappa shape index (κ3) is 3.92. The van der Waals surface area contributed by atoms with E-state index in [0.717, 1.165) is 17.3 Å². The largest absolute Gasteiger partial charge is 0.369 e. The highest BCUT2D eigenvalue weighted by Crippen LogP contribution is 2.28. The molecule has 9 heteroatoms. The van der Waals surface area contributed by atoms with Crippen molar-refractivity contribution in [1.82, 2.24) is 4.31 Å². The van der Waals surface area contributed by atoms with Crippen LogP contribution in [0.3, 0.4) is 0 Å². The third-order valence-electron chi connectivity index (χ3n) is 4.75. The lowest BCUT2D eigenvalue weighted by Crippen LogP contribution is -2.49. The van der Waals surface area contributed by atoms with Crippen LogP contribution in [-0.2, 0) is 10.0 Å². The van der Waals surface area contributed by atoms with Gasteiger partial charge in [-0.25, -0.2) is 8.42 Å². The topological polar surface area (TPSA) is 83.8 Å². The summed E-state index contributed by atoms with van der Waals surface area (Å²) >= 11 is 6.09. The fourth-order valence-corrected chi connectivity index (χ4v) is 5.05. The number of anilines is 1. The van der Waals surface area contributed by atoms with E-state index in [2.05, 4.69) is 4.90 Å². The first-order valence-electron chi connectivity index (χ1n) is 8.46. The molecule has 3 rings (SSSR count). The number of nitrogens with zero attached hydrogens (tertiary/aromatic N) is 3. The van der Waals surface area contributed by atoms with Gasteiger partial charge >= 0.3 is 0 Å². The molecule has 0 aromatic heterocycles. The van der Waals surface area contributed by atoms with E-state index >= 15 is 0 Å². The van der Waals surface area contributed by atoms with E-state index in [-0.39, 0.29) is 10.6 Å². The number of hydrogen-bond donors (Lipinski definition) is 0. The lowest BCUT2D eigenvalue weighted by atomic mass is 10.1. The number of piperazine rings is 1. The average molecular weight is 410 g/mol. The maximum absolute atomic E-state index is 13.0. The third-order valence-corrected chi connectivity index (χ3v) is 7.03. The van der Waals surface area contributed by atoms with Crippen LogP contribution in [0.25, 0.3) is 0 Å². The van der Waals surface area contributed by atoms with Crippen molar-refractivity contribution >= 4 is 33.0 Å². The van der Waals surface area contributed by atoms with E-state index < -0.39 is 14.9 Å². The molecule has 0 aliphatic carbocycles. The van der Waals surface area contributed by atoms with Crippen LogP contribution in [0, 0.1) is 24.0 Å². The van der Waals surface area contributed by atoms with Crippen molar-refractivity contribution in [1.29, 1.82) is 0 Å². The molecule has 0 radical (unpaired) electrons. The van der Waals surface area contributed by atoms with Gasteiger partial charge in [0.2, 0.25) is 10.0 Å². The second-order valence-electron chi connectivity index (χ2n) is 6.53. The average Bonchev–Trinajstić information content (AvgIpc) is 2.64. The summed E-state index contributed by atoms with van der Waals surface area (Å²) in [6.45, 7) is 5.28. The molecule has 0 unspecified atom stereocenters. The standard InChI is InChI=1S/C18H20ClN3O4S/c1-13-3-5-15(19)11-17(13)20-7-9-21(10-8-20)27(25,26)18-12-16(22(23)24)6-4-14(18)2/h3-6,11-12H,7-10H2,1-2H3. The first-order valence-corrected chi connectivity index (χ1v) is 10.3. The SMILES string of the molecule is Cc1ccc(Cl)cc1N1CCN(S(=O)(=O)c2cc([N+](=O)[O-])ccc2C)CC1. The van der Waals surface area contributed by atoms with Crippen molar-refractivity contribution in [2.45, 2.75) is 18.7 Å². The van der Waals surface area contributed by atoms with Gasteiger partial charge in [-0.1, -0.05) is 23.7 Å². The highest BCUT2D eigenvalue weighted by Gasteiger charge is 2.31. The summed E-state index contributed by atoms with van der Waals surface area (Å²) in [7, 11) is -3.80. The van der Waals surface area contributed by atoms with Gasteiger partial charge in [0.05, 0.1) is 9.82 Å². The quantitative estimate of drug-likeness (QED) is 0.571. The molecule has 0 bridgehead atoms. The lowest BCUT2D eigenvalue weighted by molar-refractivity contribution is -0.385. The van der Waals surface area contributed by atoms with Gasteiger partial charge in [0.25, 0.3) is 5.69 Å². The first kappa shape index (κ1) is 19.6. The van der Waals surface area contributed by atoms with Crippen molar-refractivity contribution < 1.29 is 13.3 Å². The maximum Gasteiger partial charge on any atom is 0.270 e. The zero-order valence-electron chi connectivity index (χ0n) is 15.1. The number of nitro benzene ring substituents is 1. The lowest BCUT2D eigenvalue weighted by Gasteiger charge is -2.36. The number of benzene rings is 2. The van der Waals surface area contributed by atoms with Crippen LogP contribution in [0.2, 0.25) is 5.02 Å². The zero-order chi connectivity index (χ0) is 19.8. The molecule has 0 N–H and O–H groups in total. The molecular weight excluding hydrogens is 390 g/mol. The Bertz CT molecular complexity index is 986. The van der Waals surface area contributed by atoms with Gasteiger partial charge < -0.3 is 4.90 Å². The predicted octanol–water partition coefficient (Wildman–Crippen LogP) is 3.38. The van der Waals surface area contributed by atoms with Crippen molar-refractivity contribution in [2.24, 2.45) is 0 Å². The van der Waals surface area contributed by atoms with Crippen LogP contribution in [0.4, 0.5) is 11.4 Å². The number of halogens is 1. The molecule has 0 saturated carbocycles. The van der Waals surface area contributed by atoms with Crippen molar-refractivity contribution in [3.8, 4) is 0 Å². The molecule has 0 spiro atoms. The van der Waals surface area contributed by atoms with Gasteiger partial charge in [0, 0.05) is 49.0 Å². The van der Waals surface area contributed by atoms with Crippen LogP contribution >= 0.6 is 11.6 Å². The van der Waals surface area contributed by atoms with Crippen molar-refractivity contribution in [3.05, 3.63) is 62.7 Å². The summed E-state index contributed by atoms with van der Waals surface area (Å²) in [6.07, 6.45) is 0. The Labute approximate surface area is 163 Å². The second kappa shape index (κ2) is 7.46. The van der Waals surface area contributed by atoms with Gasteiger partial charge in [-0.2, -0.15) is 4.31 Å². The molecule has 0 atom stereocenters. The Morgan fingerprint density at radius 2 is 1.63 bits per heavy atom. The van der Waals surface area contributed by atoms with Gasteiger partial charge in [0.1, 0.15) is 0 Å². The number of rotatable bonds is 4.